The van der Waals surface area contributed by atoms with E-state index >= 15 is 0 Å². The minimum absolute atomic E-state index is 0. The van der Waals surface area contributed by atoms with E-state index < -0.39 is 23.1 Å². The number of aliphatic hydroxyl groups excluding tert-OH is 1. The van der Waals surface area contributed by atoms with Crippen molar-refractivity contribution in [2.24, 2.45) is 0 Å². The van der Waals surface area contributed by atoms with Crippen molar-refractivity contribution in [2.75, 3.05) is 6.61 Å². The van der Waals surface area contributed by atoms with Crippen molar-refractivity contribution < 1.29 is 19.4 Å². The predicted octanol–water partition coefficient (Wildman–Crippen LogP) is 2.77. The van der Waals surface area contributed by atoms with Gasteiger partial charge in [-0.15, -0.1) is 0 Å². The Morgan fingerprint density at radius 1 is 1.30 bits per heavy atom. The monoisotopic (exact) mass is 326 g/mol. The van der Waals surface area contributed by atoms with Crippen LogP contribution in [0.2, 0.25) is 10.0 Å². The third kappa shape index (κ3) is 4.79. The van der Waals surface area contributed by atoms with Crippen LogP contribution < -0.4 is 0 Å². The topological polar surface area (TPSA) is 63.6 Å². The summed E-state index contributed by atoms with van der Waals surface area (Å²) in [5, 5.41) is 10.6. The van der Waals surface area contributed by atoms with Crippen LogP contribution in [0.5, 0.6) is 0 Å². The normalized spacial score (nSPS) is 11.2. The van der Waals surface area contributed by atoms with Crippen LogP contribution in [-0.2, 0) is 14.3 Å². The molecule has 0 heterocycles. The van der Waals surface area contributed by atoms with Crippen LogP contribution >= 0.6 is 23.2 Å². The Kier molecular flexibility index (Phi) is 8.47. The molecule has 0 bridgehead atoms. The summed E-state index contributed by atoms with van der Waals surface area (Å²) in [6.45, 7) is 2.85. The van der Waals surface area contributed by atoms with Crippen molar-refractivity contribution in [1.29, 1.82) is 0 Å². The Hall–Kier alpha value is -0.520. The van der Waals surface area contributed by atoms with E-state index in [2.05, 4.69) is 0 Å². The fraction of sp³-hybridized carbons (Fsp3) is 0.231. The van der Waals surface area contributed by atoms with Gasteiger partial charge in [-0.05, 0) is 32.0 Å². The summed E-state index contributed by atoms with van der Waals surface area (Å²) in [4.78, 5) is 23.1. The van der Waals surface area contributed by atoms with Gasteiger partial charge in [0.1, 0.15) is 11.3 Å². The van der Waals surface area contributed by atoms with Crippen molar-refractivity contribution >= 4 is 70.3 Å². The van der Waals surface area contributed by atoms with Crippen LogP contribution in [0.3, 0.4) is 0 Å². The quantitative estimate of drug-likeness (QED) is 0.231. The van der Waals surface area contributed by atoms with Gasteiger partial charge in [0.25, 0.3) is 0 Å². The maximum absolute atomic E-state index is 11.6. The Morgan fingerprint density at radius 3 is 2.35 bits per heavy atom. The Labute approximate surface area is 149 Å². The van der Waals surface area contributed by atoms with Crippen LogP contribution in [0.1, 0.15) is 19.4 Å². The zero-order valence-corrected chi connectivity index (χ0v) is 11.9. The standard InChI is InChI=1S/C13H12Cl2O4.Na.H/c1-3-19-13(18)11(7(2)16)12(17)9-5-4-8(14)6-10(9)15;;/h4-6,17H,3H2,1-2H3;;. The average molecular weight is 327 g/mol. The number of ketones is 1. The molecule has 0 aliphatic rings. The fourth-order valence-corrected chi connectivity index (χ4v) is 1.92. The molecule has 0 unspecified atom stereocenters. The molecule has 20 heavy (non-hydrogen) atoms. The van der Waals surface area contributed by atoms with Gasteiger partial charge in [0.2, 0.25) is 0 Å². The predicted molar refractivity (Wildman–Crippen MR) is 80.5 cm³/mol. The molecular weight excluding hydrogens is 314 g/mol. The molecule has 104 valence electrons. The van der Waals surface area contributed by atoms with E-state index in [0.29, 0.717) is 5.02 Å². The zero-order valence-electron chi connectivity index (χ0n) is 10.4. The molecule has 0 aliphatic carbocycles. The molecule has 0 radical (unpaired) electrons. The first kappa shape index (κ1) is 19.5. The third-order valence-electron chi connectivity index (χ3n) is 2.25. The number of hydrogen-bond donors (Lipinski definition) is 1. The Balaban J connectivity index is 0.00000361. The van der Waals surface area contributed by atoms with Gasteiger partial charge in [-0.25, -0.2) is 4.79 Å². The van der Waals surface area contributed by atoms with Gasteiger partial charge in [0, 0.05) is 10.6 Å². The van der Waals surface area contributed by atoms with E-state index in [0.717, 1.165) is 6.92 Å². The van der Waals surface area contributed by atoms with Crippen molar-refractivity contribution in [3.63, 3.8) is 0 Å². The van der Waals surface area contributed by atoms with E-state index in [9.17, 15) is 14.7 Å². The number of Topliss-reactive ketones (excluding diaryl/α,β-unsaturated/α-hetero) is 1. The van der Waals surface area contributed by atoms with Crippen molar-refractivity contribution in [2.45, 2.75) is 13.8 Å². The van der Waals surface area contributed by atoms with E-state index in [4.69, 9.17) is 27.9 Å². The van der Waals surface area contributed by atoms with E-state index in [1.165, 1.54) is 18.2 Å². The number of hydrogen-bond acceptors (Lipinski definition) is 4. The summed E-state index contributed by atoms with van der Waals surface area (Å²) in [6, 6.07) is 4.31. The van der Waals surface area contributed by atoms with Crippen LogP contribution in [0.4, 0.5) is 0 Å². The molecule has 0 amide bonds. The molecular formula is C13H13Cl2NaO4. The molecule has 0 aromatic heterocycles. The number of aliphatic hydroxyl groups is 1. The second kappa shape index (κ2) is 8.70. The molecule has 0 saturated carbocycles. The molecule has 1 N–H and O–H groups in total. The summed E-state index contributed by atoms with van der Waals surface area (Å²) in [6.07, 6.45) is 0. The molecule has 0 aliphatic heterocycles. The molecule has 7 heteroatoms. The summed E-state index contributed by atoms with van der Waals surface area (Å²) >= 11 is 11.6. The SMILES string of the molecule is CCOC(=O)C(C(C)=O)=C(O)c1ccc(Cl)cc1Cl.[NaH]. The number of benzene rings is 1. The van der Waals surface area contributed by atoms with Crippen molar-refractivity contribution in [1.82, 2.24) is 0 Å². The molecule has 1 aromatic rings. The van der Waals surface area contributed by atoms with Crippen molar-refractivity contribution in [3.8, 4) is 0 Å². The molecule has 0 atom stereocenters. The summed E-state index contributed by atoms with van der Waals surface area (Å²) in [5.41, 5.74) is -0.296. The van der Waals surface area contributed by atoms with Crippen LogP contribution in [0.25, 0.3) is 5.76 Å². The zero-order chi connectivity index (χ0) is 14.6. The van der Waals surface area contributed by atoms with E-state index in [1.54, 1.807) is 6.92 Å². The van der Waals surface area contributed by atoms with Gasteiger partial charge < -0.3 is 9.84 Å². The number of carbonyl (C=O) groups excluding carboxylic acids is 2. The fourth-order valence-electron chi connectivity index (χ4n) is 1.43. The van der Waals surface area contributed by atoms with Gasteiger partial charge in [-0.2, -0.15) is 0 Å². The van der Waals surface area contributed by atoms with Gasteiger partial charge in [-0.1, -0.05) is 23.2 Å². The molecule has 0 spiro atoms. The molecule has 0 fully saturated rings. The van der Waals surface area contributed by atoms with Gasteiger partial charge in [0.15, 0.2) is 5.78 Å². The van der Waals surface area contributed by atoms with E-state index in [1.807, 2.05) is 0 Å². The first-order chi connectivity index (χ1) is 8.88. The molecule has 4 nitrogen and oxygen atoms in total. The van der Waals surface area contributed by atoms with Gasteiger partial charge in [-0.3, -0.25) is 4.79 Å². The number of rotatable bonds is 4. The number of esters is 1. The first-order valence-corrected chi connectivity index (χ1v) is 6.20. The molecule has 0 saturated heterocycles. The second-order valence-corrected chi connectivity index (χ2v) is 4.47. The van der Waals surface area contributed by atoms with Gasteiger partial charge in [0.05, 0.1) is 11.6 Å². The third-order valence-corrected chi connectivity index (χ3v) is 2.80. The maximum atomic E-state index is 11.6. The summed E-state index contributed by atoms with van der Waals surface area (Å²) < 4.78 is 4.72. The number of halogens is 2. The number of ether oxygens (including phenoxy) is 1. The number of carbonyl (C=O) groups is 2. The van der Waals surface area contributed by atoms with Crippen LogP contribution in [-0.4, -0.2) is 53.0 Å². The Morgan fingerprint density at radius 2 is 1.90 bits per heavy atom. The average Bonchev–Trinajstić information content (AvgIpc) is 2.28. The summed E-state index contributed by atoms with van der Waals surface area (Å²) in [7, 11) is 0. The second-order valence-electron chi connectivity index (χ2n) is 3.62. The molecule has 1 aromatic carbocycles. The first-order valence-electron chi connectivity index (χ1n) is 5.45. The Bertz CT molecular complexity index is 555. The van der Waals surface area contributed by atoms with Crippen LogP contribution in [0.15, 0.2) is 23.8 Å². The molecule has 1 rings (SSSR count). The minimum atomic E-state index is -0.890. The van der Waals surface area contributed by atoms with Crippen LogP contribution in [0, 0.1) is 0 Å². The van der Waals surface area contributed by atoms with E-state index in [-0.39, 0.29) is 46.8 Å². The van der Waals surface area contributed by atoms with Crippen molar-refractivity contribution in [3.05, 3.63) is 39.4 Å². The summed E-state index contributed by atoms with van der Waals surface area (Å²) in [5.74, 6) is -2.02. The van der Waals surface area contributed by atoms with Gasteiger partial charge >= 0.3 is 35.5 Å².